The summed E-state index contributed by atoms with van der Waals surface area (Å²) in [6.45, 7) is 0. The lowest BCUT2D eigenvalue weighted by Crippen LogP contribution is -1.97. The Labute approximate surface area is 125 Å². The van der Waals surface area contributed by atoms with E-state index >= 15 is 0 Å². The first-order valence-corrected chi connectivity index (χ1v) is 7.20. The standard InChI is InChI=1S/C20H18O/c21-20-12-11-18(13-16-7-3-1-4-8-16)19(15-20)14-17-9-5-2-6-10-17/h1-12,15,21H,13-14H2. The molecule has 0 aromatic heterocycles. The first kappa shape index (κ1) is 13.4. The maximum absolute atomic E-state index is 9.78. The molecule has 0 unspecified atom stereocenters. The third-order valence-corrected chi connectivity index (χ3v) is 3.66. The summed E-state index contributed by atoms with van der Waals surface area (Å²) in [5.41, 5.74) is 5.00. The second kappa shape index (κ2) is 6.27. The van der Waals surface area contributed by atoms with E-state index in [9.17, 15) is 5.11 Å². The largest absolute Gasteiger partial charge is 0.508 e. The van der Waals surface area contributed by atoms with Crippen molar-refractivity contribution in [2.75, 3.05) is 0 Å². The van der Waals surface area contributed by atoms with Crippen LogP contribution in [0.1, 0.15) is 22.3 Å². The Bertz CT molecular complexity index is 702. The molecular weight excluding hydrogens is 256 g/mol. The van der Waals surface area contributed by atoms with Gasteiger partial charge < -0.3 is 5.11 Å². The van der Waals surface area contributed by atoms with Crippen molar-refractivity contribution in [3.05, 3.63) is 101 Å². The van der Waals surface area contributed by atoms with Gasteiger partial charge in [0.05, 0.1) is 0 Å². The summed E-state index contributed by atoms with van der Waals surface area (Å²) in [6.07, 6.45) is 1.74. The lowest BCUT2D eigenvalue weighted by molar-refractivity contribution is 0.474. The molecule has 0 radical (unpaired) electrons. The number of hydrogen-bond donors (Lipinski definition) is 1. The van der Waals surface area contributed by atoms with Crippen LogP contribution in [0.3, 0.4) is 0 Å². The highest BCUT2D eigenvalue weighted by Gasteiger charge is 2.06. The third kappa shape index (κ3) is 3.51. The molecule has 0 fully saturated rings. The smallest absolute Gasteiger partial charge is 0.115 e. The summed E-state index contributed by atoms with van der Waals surface area (Å²) in [7, 11) is 0. The van der Waals surface area contributed by atoms with Gasteiger partial charge in [-0.15, -0.1) is 0 Å². The molecule has 3 aromatic rings. The van der Waals surface area contributed by atoms with Gasteiger partial charge in [0, 0.05) is 0 Å². The van der Waals surface area contributed by atoms with Crippen LogP contribution in [0.5, 0.6) is 5.75 Å². The summed E-state index contributed by atoms with van der Waals surface area (Å²) in [5, 5.41) is 9.78. The molecule has 0 amide bonds. The van der Waals surface area contributed by atoms with Gasteiger partial charge in [-0.25, -0.2) is 0 Å². The molecule has 0 aliphatic rings. The van der Waals surface area contributed by atoms with Crippen LogP contribution in [0, 0.1) is 0 Å². The summed E-state index contributed by atoms with van der Waals surface area (Å²) in [4.78, 5) is 0. The number of phenols is 1. The molecule has 0 bridgehead atoms. The maximum Gasteiger partial charge on any atom is 0.115 e. The number of hydrogen-bond acceptors (Lipinski definition) is 1. The minimum absolute atomic E-state index is 0.331. The first-order chi connectivity index (χ1) is 10.3. The van der Waals surface area contributed by atoms with Gasteiger partial charge in [-0.2, -0.15) is 0 Å². The first-order valence-electron chi connectivity index (χ1n) is 7.20. The Morgan fingerprint density at radius 3 is 1.67 bits per heavy atom. The molecule has 3 aromatic carbocycles. The Balaban J connectivity index is 1.90. The van der Waals surface area contributed by atoms with Gasteiger partial charge in [0.1, 0.15) is 5.75 Å². The zero-order valence-corrected chi connectivity index (χ0v) is 11.9. The summed E-state index contributed by atoms with van der Waals surface area (Å²) in [6, 6.07) is 26.5. The molecule has 21 heavy (non-hydrogen) atoms. The van der Waals surface area contributed by atoms with E-state index < -0.39 is 0 Å². The summed E-state index contributed by atoms with van der Waals surface area (Å²) in [5.74, 6) is 0.331. The molecule has 0 saturated carbocycles. The Hall–Kier alpha value is -2.54. The fraction of sp³-hybridized carbons (Fsp3) is 0.100. The predicted molar refractivity (Wildman–Crippen MR) is 86.6 cm³/mol. The monoisotopic (exact) mass is 274 g/mol. The van der Waals surface area contributed by atoms with Crippen molar-refractivity contribution in [1.82, 2.24) is 0 Å². The molecule has 0 saturated heterocycles. The van der Waals surface area contributed by atoms with E-state index in [0.717, 1.165) is 12.8 Å². The highest BCUT2D eigenvalue weighted by Crippen LogP contribution is 2.22. The molecule has 104 valence electrons. The minimum Gasteiger partial charge on any atom is -0.508 e. The van der Waals surface area contributed by atoms with Crippen LogP contribution in [0.25, 0.3) is 0 Å². The van der Waals surface area contributed by atoms with Crippen LogP contribution in [0.4, 0.5) is 0 Å². The molecule has 0 aliphatic carbocycles. The van der Waals surface area contributed by atoms with Crippen LogP contribution in [0.2, 0.25) is 0 Å². The molecule has 0 aliphatic heterocycles. The minimum atomic E-state index is 0.331. The van der Waals surface area contributed by atoms with Crippen LogP contribution in [-0.2, 0) is 12.8 Å². The van der Waals surface area contributed by atoms with Gasteiger partial charge in [0.25, 0.3) is 0 Å². The molecule has 3 rings (SSSR count). The highest BCUT2D eigenvalue weighted by atomic mass is 16.3. The Kier molecular flexibility index (Phi) is 4.02. The van der Waals surface area contributed by atoms with Crippen LogP contribution < -0.4 is 0 Å². The highest BCUT2D eigenvalue weighted by molar-refractivity contribution is 5.40. The van der Waals surface area contributed by atoms with Crippen molar-refractivity contribution in [1.29, 1.82) is 0 Å². The van der Waals surface area contributed by atoms with Gasteiger partial charge in [-0.3, -0.25) is 0 Å². The molecule has 1 N–H and O–H groups in total. The lowest BCUT2D eigenvalue weighted by Gasteiger charge is -2.11. The maximum atomic E-state index is 9.78. The second-order valence-corrected chi connectivity index (χ2v) is 5.28. The Morgan fingerprint density at radius 1 is 0.571 bits per heavy atom. The van der Waals surface area contributed by atoms with Gasteiger partial charge in [0.2, 0.25) is 0 Å². The van der Waals surface area contributed by atoms with E-state index in [1.54, 1.807) is 6.07 Å². The SMILES string of the molecule is Oc1ccc(Cc2ccccc2)c(Cc2ccccc2)c1. The molecular formula is C20H18O. The summed E-state index contributed by atoms with van der Waals surface area (Å²) < 4.78 is 0. The average molecular weight is 274 g/mol. The summed E-state index contributed by atoms with van der Waals surface area (Å²) >= 11 is 0. The number of phenolic OH excluding ortho intramolecular Hbond substituents is 1. The van der Waals surface area contributed by atoms with E-state index in [0.29, 0.717) is 5.75 Å². The zero-order valence-electron chi connectivity index (χ0n) is 11.9. The topological polar surface area (TPSA) is 20.2 Å². The molecule has 1 nitrogen and oxygen atoms in total. The Morgan fingerprint density at radius 2 is 1.10 bits per heavy atom. The van der Waals surface area contributed by atoms with Crippen LogP contribution in [-0.4, -0.2) is 5.11 Å². The fourth-order valence-corrected chi connectivity index (χ4v) is 2.58. The van der Waals surface area contributed by atoms with E-state index in [1.165, 1.54) is 22.3 Å². The van der Waals surface area contributed by atoms with Gasteiger partial charge in [-0.1, -0.05) is 66.7 Å². The molecule has 0 heterocycles. The zero-order chi connectivity index (χ0) is 14.5. The van der Waals surface area contributed by atoms with Crippen molar-refractivity contribution < 1.29 is 5.11 Å². The fourth-order valence-electron chi connectivity index (χ4n) is 2.58. The van der Waals surface area contributed by atoms with Crippen molar-refractivity contribution >= 4 is 0 Å². The molecule has 1 heteroatoms. The number of benzene rings is 3. The number of aromatic hydroxyl groups is 1. The normalized spacial score (nSPS) is 10.5. The van der Waals surface area contributed by atoms with Gasteiger partial charge >= 0.3 is 0 Å². The van der Waals surface area contributed by atoms with Crippen molar-refractivity contribution in [3.8, 4) is 5.75 Å². The van der Waals surface area contributed by atoms with E-state index in [-0.39, 0.29) is 0 Å². The second-order valence-electron chi connectivity index (χ2n) is 5.28. The van der Waals surface area contributed by atoms with Gasteiger partial charge in [0.15, 0.2) is 0 Å². The van der Waals surface area contributed by atoms with Crippen molar-refractivity contribution in [2.24, 2.45) is 0 Å². The van der Waals surface area contributed by atoms with E-state index in [4.69, 9.17) is 0 Å². The average Bonchev–Trinajstić information content (AvgIpc) is 2.52. The van der Waals surface area contributed by atoms with Crippen LogP contribution in [0.15, 0.2) is 78.9 Å². The van der Waals surface area contributed by atoms with Crippen LogP contribution >= 0.6 is 0 Å². The van der Waals surface area contributed by atoms with E-state index in [1.807, 2.05) is 24.3 Å². The lowest BCUT2D eigenvalue weighted by atomic mass is 9.95. The third-order valence-electron chi connectivity index (χ3n) is 3.66. The molecule has 0 atom stereocenters. The van der Waals surface area contributed by atoms with Crippen molar-refractivity contribution in [3.63, 3.8) is 0 Å². The van der Waals surface area contributed by atoms with Gasteiger partial charge in [-0.05, 0) is 47.2 Å². The number of rotatable bonds is 4. The van der Waals surface area contributed by atoms with Crippen molar-refractivity contribution in [2.45, 2.75) is 12.8 Å². The predicted octanol–water partition coefficient (Wildman–Crippen LogP) is 4.57. The molecule has 0 spiro atoms. The quantitative estimate of drug-likeness (QED) is 0.738. The van der Waals surface area contributed by atoms with E-state index in [2.05, 4.69) is 48.5 Å².